The Bertz CT molecular complexity index is 404. The van der Waals surface area contributed by atoms with Gasteiger partial charge in [-0.05, 0) is 50.1 Å². The van der Waals surface area contributed by atoms with Gasteiger partial charge in [-0.15, -0.1) is 22.9 Å². The maximum absolute atomic E-state index is 6.23. The molecule has 1 nitrogen and oxygen atoms in total. The maximum Gasteiger partial charge on any atom is 0.126 e. The van der Waals surface area contributed by atoms with Crippen LogP contribution in [0.1, 0.15) is 16.0 Å². The molecule has 74 valence electrons. The summed E-state index contributed by atoms with van der Waals surface area (Å²) in [5.41, 5.74) is 0. The molecule has 0 spiro atoms. The summed E-state index contributed by atoms with van der Waals surface area (Å²) in [5, 5.41) is -0.211. The van der Waals surface area contributed by atoms with Crippen molar-refractivity contribution in [3.8, 4) is 0 Å². The Balaban J connectivity index is 2.32. The minimum atomic E-state index is -0.211. The van der Waals surface area contributed by atoms with Crippen LogP contribution in [0.4, 0.5) is 0 Å². The summed E-state index contributed by atoms with van der Waals surface area (Å²) in [4.78, 5) is 1.06. The van der Waals surface area contributed by atoms with E-state index in [0.29, 0.717) is 0 Å². The second-order valence-electron chi connectivity index (χ2n) is 2.65. The first-order valence-corrected chi connectivity index (χ1v) is 6.64. The van der Waals surface area contributed by atoms with Gasteiger partial charge in [0.1, 0.15) is 11.1 Å². The molecule has 0 saturated heterocycles. The molecule has 5 heteroatoms. The molecular formula is C9H5Br2ClOS. The van der Waals surface area contributed by atoms with Crippen molar-refractivity contribution in [3.05, 3.63) is 43.4 Å². The van der Waals surface area contributed by atoms with E-state index in [1.807, 2.05) is 18.2 Å². The van der Waals surface area contributed by atoms with Crippen molar-refractivity contribution < 1.29 is 4.42 Å². The molecular weight excluding hydrogens is 351 g/mol. The Hall–Kier alpha value is 0.230. The summed E-state index contributed by atoms with van der Waals surface area (Å²) in [6, 6.07) is 5.70. The van der Waals surface area contributed by atoms with Gasteiger partial charge in [-0.3, -0.25) is 0 Å². The number of furan rings is 1. The van der Waals surface area contributed by atoms with Gasteiger partial charge in [-0.25, -0.2) is 0 Å². The first-order valence-electron chi connectivity index (χ1n) is 3.80. The number of alkyl halides is 1. The Labute approximate surface area is 107 Å². The fourth-order valence-corrected chi connectivity index (χ4v) is 3.46. The van der Waals surface area contributed by atoms with E-state index in [2.05, 4.69) is 31.9 Å². The minimum Gasteiger partial charge on any atom is -0.467 e. The molecule has 0 aliphatic heterocycles. The van der Waals surface area contributed by atoms with E-state index in [-0.39, 0.29) is 5.38 Å². The molecule has 1 unspecified atom stereocenters. The van der Waals surface area contributed by atoms with Gasteiger partial charge >= 0.3 is 0 Å². The summed E-state index contributed by atoms with van der Waals surface area (Å²) < 4.78 is 7.31. The quantitative estimate of drug-likeness (QED) is 0.675. The van der Waals surface area contributed by atoms with Crippen molar-refractivity contribution in [1.82, 2.24) is 0 Å². The maximum atomic E-state index is 6.23. The van der Waals surface area contributed by atoms with Crippen LogP contribution in [0.15, 0.2) is 37.1 Å². The minimum absolute atomic E-state index is 0.211. The predicted octanol–water partition coefficient (Wildman–Crippen LogP) is 5.19. The monoisotopic (exact) mass is 354 g/mol. The molecule has 14 heavy (non-hydrogen) atoms. The molecule has 0 saturated carbocycles. The molecule has 2 aromatic rings. The lowest BCUT2D eigenvalue weighted by atomic mass is 10.3. The van der Waals surface area contributed by atoms with Crippen LogP contribution in [0, 0.1) is 0 Å². The van der Waals surface area contributed by atoms with Crippen LogP contribution in [0.5, 0.6) is 0 Å². The zero-order valence-corrected chi connectivity index (χ0v) is 11.6. The topological polar surface area (TPSA) is 13.1 Å². The standard InChI is InChI=1S/C9H5Br2ClOS/c10-5-4-7(14-9(5)11)8(12)6-2-1-3-13-6/h1-4,8H. The average Bonchev–Trinajstić information content (AvgIpc) is 2.76. The van der Waals surface area contributed by atoms with E-state index in [4.69, 9.17) is 16.0 Å². The highest BCUT2D eigenvalue weighted by atomic mass is 79.9. The zero-order valence-electron chi connectivity index (χ0n) is 6.84. The molecule has 2 heterocycles. The van der Waals surface area contributed by atoms with Crippen LogP contribution in [0.3, 0.4) is 0 Å². The molecule has 2 rings (SSSR count). The van der Waals surface area contributed by atoms with Crippen LogP contribution >= 0.6 is 54.8 Å². The lowest BCUT2D eigenvalue weighted by molar-refractivity contribution is 0.517. The zero-order chi connectivity index (χ0) is 10.1. The molecule has 0 bridgehead atoms. The third-order valence-electron chi connectivity index (χ3n) is 1.71. The molecule has 0 amide bonds. The van der Waals surface area contributed by atoms with E-state index in [1.54, 1.807) is 17.6 Å². The Kier molecular flexibility index (Phi) is 3.37. The van der Waals surface area contributed by atoms with Crippen LogP contribution in [-0.2, 0) is 0 Å². The molecule has 0 aromatic carbocycles. The SMILES string of the molecule is ClC(c1ccco1)c1cc(Br)c(Br)s1. The number of thiophene rings is 1. The number of hydrogen-bond acceptors (Lipinski definition) is 2. The molecule has 0 aliphatic carbocycles. The van der Waals surface area contributed by atoms with Gasteiger partial charge in [-0.2, -0.15) is 0 Å². The largest absolute Gasteiger partial charge is 0.467 e. The van der Waals surface area contributed by atoms with E-state index in [9.17, 15) is 0 Å². The van der Waals surface area contributed by atoms with Crippen molar-refractivity contribution in [2.24, 2.45) is 0 Å². The highest BCUT2D eigenvalue weighted by Gasteiger charge is 2.17. The fraction of sp³-hybridized carbons (Fsp3) is 0.111. The number of halogens is 3. The number of rotatable bonds is 2. The van der Waals surface area contributed by atoms with E-state index in [0.717, 1.165) is 18.9 Å². The van der Waals surface area contributed by atoms with Crippen LogP contribution in [-0.4, -0.2) is 0 Å². The second-order valence-corrected chi connectivity index (χ2v) is 6.34. The molecule has 1 atom stereocenters. The first kappa shape index (κ1) is 10.7. The van der Waals surface area contributed by atoms with Crippen LogP contribution < -0.4 is 0 Å². The number of hydrogen-bond donors (Lipinski definition) is 0. The predicted molar refractivity (Wildman–Crippen MR) is 66.1 cm³/mol. The highest BCUT2D eigenvalue weighted by Crippen LogP contribution is 2.40. The van der Waals surface area contributed by atoms with Gasteiger partial charge in [0, 0.05) is 9.35 Å². The van der Waals surface area contributed by atoms with Gasteiger partial charge in [-0.1, -0.05) is 0 Å². The summed E-state index contributed by atoms with van der Waals surface area (Å²) in [7, 11) is 0. The van der Waals surface area contributed by atoms with Crippen molar-refractivity contribution in [2.75, 3.05) is 0 Å². The third kappa shape index (κ3) is 2.08. The van der Waals surface area contributed by atoms with Crippen LogP contribution in [0.25, 0.3) is 0 Å². The van der Waals surface area contributed by atoms with Gasteiger partial charge in [0.05, 0.1) is 10.0 Å². The van der Waals surface area contributed by atoms with Gasteiger partial charge < -0.3 is 4.42 Å². The molecule has 0 fully saturated rings. The summed E-state index contributed by atoms with van der Waals surface area (Å²) in [5.74, 6) is 0.771. The molecule has 0 aliphatic rings. The van der Waals surface area contributed by atoms with E-state index in [1.165, 1.54) is 0 Å². The average molecular weight is 356 g/mol. The lowest BCUT2D eigenvalue weighted by Gasteiger charge is -2.01. The Morgan fingerprint density at radius 3 is 2.71 bits per heavy atom. The van der Waals surface area contributed by atoms with Crippen molar-refractivity contribution in [1.29, 1.82) is 0 Å². The Morgan fingerprint density at radius 2 is 2.21 bits per heavy atom. The normalized spacial score (nSPS) is 13.1. The second kappa shape index (κ2) is 4.39. The van der Waals surface area contributed by atoms with Crippen molar-refractivity contribution in [3.63, 3.8) is 0 Å². The Morgan fingerprint density at radius 1 is 1.43 bits per heavy atom. The molecule has 0 radical (unpaired) electrons. The highest BCUT2D eigenvalue weighted by molar-refractivity contribution is 9.13. The van der Waals surface area contributed by atoms with Gasteiger partial charge in [0.25, 0.3) is 0 Å². The van der Waals surface area contributed by atoms with Gasteiger partial charge in [0.2, 0.25) is 0 Å². The summed E-state index contributed by atoms with van der Waals surface area (Å²) >= 11 is 14.7. The smallest absolute Gasteiger partial charge is 0.126 e. The van der Waals surface area contributed by atoms with Crippen molar-refractivity contribution >= 4 is 54.8 Å². The summed E-state index contributed by atoms with van der Waals surface area (Å²) in [6.45, 7) is 0. The fourth-order valence-electron chi connectivity index (χ4n) is 1.06. The molecule has 0 N–H and O–H groups in total. The van der Waals surface area contributed by atoms with Crippen molar-refractivity contribution in [2.45, 2.75) is 5.38 Å². The third-order valence-corrected chi connectivity index (χ3v) is 5.61. The lowest BCUT2D eigenvalue weighted by Crippen LogP contribution is -1.85. The van der Waals surface area contributed by atoms with Crippen LogP contribution in [0.2, 0.25) is 0 Å². The van der Waals surface area contributed by atoms with E-state index >= 15 is 0 Å². The van der Waals surface area contributed by atoms with Gasteiger partial charge in [0.15, 0.2) is 0 Å². The van der Waals surface area contributed by atoms with E-state index < -0.39 is 0 Å². The summed E-state index contributed by atoms with van der Waals surface area (Å²) in [6.07, 6.45) is 1.63. The first-order chi connectivity index (χ1) is 6.68. The molecule has 2 aromatic heterocycles.